The predicted molar refractivity (Wildman–Crippen MR) is 86.4 cm³/mol. The molecule has 108 valence electrons. The van der Waals surface area contributed by atoms with Crippen molar-refractivity contribution in [3.8, 4) is 5.75 Å². The molecule has 0 aromatic heterocycles. The zero-order chi connectivity index (χ0) is 15.3. The third kappa shape index (κ3) is 7.39. The zero-order valence-electron chi connectivity index (χ0n) is 12.2. The molecule has 1 aromatic rings. The van der Waals surface area contributed by atoms with Gasteiger partial charge in [0.2, 0.25) is 0 Å². The molecule has 1 aromatic carbocycles. The van der Waals surface area contributed by atoms with E-state index in [4.69, 9.17) is 0 Å². The summed E-state index contributed by atoms with van der Waals surface area (Å²) in [7, 11) is 0. The van der Waals surface area contributed by atoms with Crippen LogP contribution in [0.5, 0.6) is 5.75 Å². The van der Waals surface area contributed by atoms with Crippen LogP contribution in [0.1, 0.15) is 0 Å². The Kier molecular flexibility index (Phi) is 9.71. The molecule has 0 aliphatic carbocycles. The molecule has 0 saturated heterocycles. The number of benzene rings is 1. The first-order chi connectivity index (χ1) is 9.64. The van der Waals surface area contributed by atoms with E-state index in [1.165, 1.54) is 12.1 Å². The molecule has 0 spiro atoms. The van der Waals surface area contributed by atoms with Crippen LogP contribution in [0, 0.1) is 0 Å². The highest BCUT2D eigenvalue weighted by Crippen LogP contribution is 2.07. The van der Waals surface area contributed by atoms with E-state index in [-0.39, 0.29) is 5.75 Å². The smallest absolute Gasteiger partial charge is 0.0978 e. The summed E-state index contributed by atoms with van der Waals surface area (Å²) < 4.78 is 0.903. The van der Waals surface area contributed by atoms with Crippen molar-refractivity contribution in [3.05, 3.63) is 81.0 Å². The van der Waals surface area contributed by atoms with Crippen LogP contribution in [0.3, 0.4) is 0 Å². The number of hydrogen-bond donors (Lipinski definition) is 0. The molecule has 1 rings (SSSR count). The fourth-order valence-electron chi connectivity index (χ4n) is 1.96. The SMILES string of the molecule is C=CC[N+](CC=C)(CC=C)CC=C.[O-]c1ccccc1. The Hall–Kier alpha value is -2.06. The van der Waals surface area contributed by atoms with E-state index in [0.29, 0.717) is 0 Å². The van der Waals surface area contributed by atoms with Gasteiger partial charge in [0.1, 0.15) is 0 Å². The maximum absolute atomic E-state index is 10.3. The minimum atomic E-state index is 0.0718. The molecular weight excluding hydrogens is 246 g/mol. The van der Waals surface area contributed by atoms with Gasteiger partial charge < -0.3 is 9.59 Å². The highest BCUT2D eigenvalue weighted by atomic mass is 16.3. The van der Waals surface area contributed by atoms with Gasteiger partial charge in [-0.1, -0.05) is 56.6 Å². The highest BCUT2D eigenvalue weighted by Gasteiger charge is 2.20. The molecule has 2 heteroatoms. The third-order valence-electron chi connectivity index (χ3n) is 2.81. The molecule has 0 unspecified atom stereocenters. The van der Waals surface area contributed by atoms with E-state index < -0.39 is 0 Å². The van der Waals surface area contributed by atoms with Gasteiger partial charge in [-0.3, -0.25) is 0 Å². The molecule has 0 radical (unpaired) electrons. The molecule has 0 amide bonds. The Morgan fingerprint density at radius 2 is 1.10 bits per heavy atom. The number of quaternary nitrogens is 1. The van der Waals surface area contributed by atoms with Crippen molar-refractivity contribution in [2.24, 2.45) is 0 Å². The van der Waals surface area contributed by atoms with Crippen LogP contribution in [0.2, 0.25) is 0 Å². The fraction of sp³-hybridized carbons (Fsp3) is 0.222. The second kappa shape index (κ2) is 10.8. The van der Waals surface area contributed by atoms with Crippen molar-refractivity contribution < 1.29 is 9.59 Å². The lowest BCUT2D eigenvalue weighted by molar-refractivity contribution is -0.906. The van der Waals surface area contributed by atoms with Gasteiger partial charge in [0.25, 0.3) is 0 Å². The first-order valence-corrected chi connectivity index (χ1v) is 6.65. The fourth-order valence-corrected chi connectivity index (χ4v) is 1.96. The summed E-state index contributed by atoms with van der Waals surface area (Å²) in [5.41, 5.74) is 0. The molecule has 0 N–H and O–H groups in total. The number of nitrogens with zero attached hydrogens (tertiary/aromatic N) is 1. The summed E-state index contributed by atoms with van der Waals surface area (Å²) >= 11 is 0. The normalized spacial score (nSPS) is 9.80. The number of hydrogen-bond acceptors (Lipinski definition) is 1. The minimum Gasteiger partial charge on any atom is -0.872 e. The Morgan fingerprint density at radius 1 is 0.750 bits per heavy atom. The topological polar surface area (TPSA) is 23.1 Å². The molecule has 0 aliphatic rings. The van der Waals surface area contributed by atoms with Crippen molar-refractivity contribution >= 4 is 0 Å². The lowest BCUT2D eigenvalue weighted by Crippen LogP contribution is -2.48. The van der Waals surface area contributed by atoms with Crippen LogP contribution in [-0.4, -0.2) is 30.7 Å². The van der Waals surface area contributed by atoms with Crippen molar-refractivity contribution in [2.75, 3.05) is 26.2 Å². The van der Waals surface area contributed by atoms with E-state index in [0.717, 1.165) is 30.7 Å². The molecular formula is C18H25NO. The predicted octanol–water partition coefficient (Wildman–Crippen LogP) is 3.31. The molecule has 20 heavy (non-hydrogen) atoms. The highest BCUT2D eigenvalue weighted by molar-refractivity contribution is 5.17. The van der Waals surface area contributed by atoms with E-state index in [9.17, 15) is 5.11 Å². The summed E-state index contributed by atoms with van der Waals surface area (Å²) in [6.07, 6.45) is 7.76. The Bertz CT molecular complexity index is 363. The summed E-state index contributed by atoms with van der Waals surface area (Å²) in [5, 5.41) is 10.3. The Labute approximate surface area is 123 Å². The first-order valence-electron chi connectivity index (χ1n) is 6.65. The van der Waals surface area contributed by atoms with Crippen molar-refractivity contribution in [1.82, 2.24) is 0 Å². The largest absolute Gasteiger partial charge is 0.872 e. The summed E-state index contributed by atoms with van der Waals surface area (Å²) in [6.45, 7) is 18.8. The van der Waals surface area contributed by atoms with E-state index in [1.54, 1.807) is 12.1 Å². The summed E-state index contributed by atoms with van der Waals surface area (Å²) in [6, 6.07) is 8.33. The van der Waals surface area contributed by atoms with Crippen LogP contribution in [0.25, 0.3) is 0 Å². The minimum absolute atomic E-state index is 0.0718. The average Bonchev–Trinajstić information content (AvgIpc) is 2.41. The molecule has 0 heterocycles. The van der Waals surface area contributed by atoms with Crippen molar-refractivity contribution in [2.45, 2.75) is 0 Å². The molecule has 0 saturated carbocycles. The number of para-hydroxylation sites is 1. The van der Waals surface area contributed by atoms with Gasteiger partial charge >= 0.3 is 0 Å². The number of rotatable bonds is 8. The zero-order valence-corrected chi connectivity index (χ0v) is 12.2. The Balaban J connectivity index is 0.000000428. The lowest BCUT2D eigenvalue weighted by Gasteiger charge is -2.35. The van der Waals surface area contributed by atoms with Gasteiger partial charge in [-0.15, -0.1) is 5.75 Å². The van der Waals surface area contributed by atoms with Crippen molar-refractivity contribution in [1.29, 1.82) is 0 Å². The maximum Gasteiger partial charge on any atom is 0.0978 e. The van der Waals surface area contributed by atoms with Gasteiger partial charge in [0, 0.05) is 0 Å². The summed E-state index contributed by atoms with van der Waals surface area (Å²) in [5.74, 6) is 0.0718. The van der Waals surface area contributed by atoms with Gasteiger partial charge in [-0.2, -0.15) is 0 Å². The molecule has 0 aliphatic heterocycles. The molecule has 0 atom stereocenters. The second-order valence-corrected chi connectivity index (χ2v) is 4.54. The van der Waals surface area contributed by atoms with E-state index >= 15 is 0 Å². The average molecular weight is 271 g/mol. The van der Waals surface area contributed by atoms with Gasteiger partial charge in [-0.25, -0.2) is 0 Å². The van der Waals surface area contributed by atoms with Gasteiger partial charge in [0.05, 0.1) is 26.2 Å². The Morgan fingerprint density at radius 3 is 1.30 bits per heavy atom. The monoisotopic (exact) mass is 271 g/mol. The molecule has 0 fully saturated rings. The lowest BCUT2D eigenvalue weighted by atomic mass is 10.3. The van der Waals surface area contributed by atoms with Crippen LogP contribution in [0.15, 0.2) is 81.0 Å². The van der Waals surface area contributed by atoms with Crippen LogP contribution in [-0.2, 0) is 0 Å². The first kappa shape index (κ1) is 17.9. The van der Waals surface area contributed by atoms with Crippen LogP contribution in [0.4, 0.5) is 0 Å². The van der Waals surface area contributed by atoms with Crippen molar-refractivity contribution in [3.63, 3.8) is 0 Å². The second-order valence-electron chi connectivity index (χ2n) is 4.54. The summed E-state index contributed by atoms with van der Waals surface area (Å²) in [4.78, 5) is 0. The van der Waals surface area contributed by atoms with Crippen LogP contribution >= 0.6 is 0 Å². The standard InChI is InChI=1S/C12H20N.C6H6O/c1-5-9-13(10-6-2,11-7-3)12-8-4;7-6-4-2-1-3-5-6/h5-8H,1-4,9-12H2;1-5,7H/q+1;/p-1. The van der Waals surface area contributed by atoms with E-state index in [1.807, 2.05) is 30.4 Å². The quantitative estimate of drug-likeness (QED) is 0.525. The van der Waals surface area contributed by atoms with Gasteiger partial charge in [0.15, 0.2) is 0 Å². The maximum atomic E-state index is 10.3. The third-order valence-corrected chi connectivity index (χ3v) is 2.81. The molecule has 2 nitrogen and oxygen atoms in total. The van der Waals surface area contributed by atoms with E-state index in [2.05, 4.69) is 26.3 Å². The van der Waals surface area contributed by atoms with Crippen LogP contribution < -0.4 is 5.11 Å². The molecule has 0 bridgehead atoms. The van der Waals surface area contributed by atoms with Gasteiger partial charge in [-0.05, 0) is 24.3 Å².